The van der Waals surface area contributed by atoms with Gasteiger partial charge in [-0.3, -0.25) is 9.59 Å². The van der Waals surface area contributed by atoms with Gasteiger partial charge >= 0.3 is 0 Å². The lowest BCUT2D eigenvalue weighted by Gasteiger charge is -2.10. The number of amides is 1. The Morgan fingerprint density at radius 2 is 1.70 bits per heavy atom. The van der Waals surface area contributed by atoms with Gasteiger partial charge in [-0.05, 0) is 73.0 Å². The lowest BCUT2D eigenvalue weighted by Crippen LogP contribution is -2.20. The molecule has 4 aromatic rings. The third-order valence-electron chi connectivity index (χ3n) is 6.23. The van der Waals surface area contributed by atoms with Crippen LogP contribution in [0.5, 0.6) is 0 Å². The maximum Gasteiger partial charge on any atom is 0.227 e. The van der Waals surface area contributed by atoms with E-state index in [0.717, 1.165) is 53.5 Å². The Hall–Kier alpha value is -3.80. The summed E-state index contributed by atoms with van der Waals surface area (Å²) in [6.07, 6.45) is 4.40. The van der Waals surface area contributed by atoms with Crippen LogP contribution in [-0.4, -0.2) is 21.7 Å². The number of carbonyl (C=O) groups is 2. The van der Waals surface area contributed by atoms with Gasteiger partial charge in [0, 0.05) is 29.2 Å². The van der Waals surface area contributed by atoms with E-state index in [4.69, 9.17) is 0 Å². The van der Waals surface area contributed by atoms with Crippen molar-refractivity contribution >= 4 is 28.4 Å². The number of imidazole rings is 1. The minimum Gasteiger partial charge on any atom is -0.338 e. The quantitative estimate of drug-likeness (QED) is 0.365. The van der Waals surface area contributed by atoms with E-state index in [-0.39, 0.29) is 29.8 Å². The highest BCUT2D eigenvalue weighted by Crippen LogP contribution is 2.27. The van der Waals surface area contributed by atoms with Crippen molar-refractivity contribution < 1.29 is 14.0 Å². The molecule has 1 aliphatic carbocycles. The SMILES string of the molecule is O=C(Cc1ccc(F)cc1)c1ccc2nc(-c3ccc(NC(=O)C4CCCC4)cc3)[nH]c2c1. The third-order valence-corrected chi connectivity index (χ3v) is 6.23. The highest BCUT2D eigenvalue weighted by molar-refractivity contribution is 6.00. The molecule has 33 heavy (non-hydrogen) atoms. The molecule has 5 nitrogen and oxygen atoms in total. The molecule has 0 atom stereocenters. The molecule has 1 heterocycles. The number of anilines is 1. The first kappa shape index (κ1) is 21.1. The van der Waals surface area contributed by atoms with E-state index in [0.29, 0.717) is 11.4 Å². The molecule has 0 saturated heterocycles. The molecule has 0 bridgehead atoms. The number of ketones is 1. The molecule has 2 N–H and O–H groups in total. The van der Waals surface area contributed by atoms with Crippen molar-refractivity contribution in [2.75, 3.05) is 5.32 Å². The molecule has 1 aromatic heterocycles. The molecule has 6 heteroatoms. The Balaban J connectivity index is 1.30. The molecule has 166 valence electrons. The molecule has 0 aliphatic heterocycles. The van der Waals surface area contributed by atoms with E-state index in [2.05, 4.69) is 15.3 Å². The lowest BCUT2D eigenvalue weighted by atomic mass is 10.0. The van der Waals surface area contributed by atoms with Crippen molar-refractivity contribution in [3.05, 3.63) is 83.7 Å². The maximum atomic E-state index is 13.1. The van der Waals surface area contributed by atoms with E-state index in [1.165, 1.54) is 12.1 Å². The first-order valence-electron chi connectivity index (χ1n) is 11.2. The number of carbonyl (C=O) groups excluding carboxylic acids is 2. The van der Waals surface area contributed by atoms with Crippen LogP contribution in [0, 0.1) is 11.7 Å². The summed E-state index contributed by atoms with van der Waals surface area (Å²) < 4.78 is 13.1. The van der Waals surface area contributed by atoms with Gasteiger partial charge in [0.1, 0.15) is 11.6 Å². The van der Waals surface area contributed by atoms with Crippen LogP contribution < -0.4 is 5.32 Å². The largest absolute Gasteiger partial charge is 0.338 e. The van der Waals surface area contributed by atoms with Gasteiger partial charge in [0.2, 0.25) is 5.91 Å². The molecule has 3 aromatic carbocycles. The molecule has 0 radical (unpaired) electrons. The third kappa shape index (κ3) is 4.70. The Labute approximate surface area is 191 Å². The second-order valence-electron chi connectivity index (χ2n) is 8.59. The van der Waals surface area contributed by atoms with Gasteiger partial charge in [-0.15, -0.1) is 0 Å². The number of nitrogens with one attached hydrogen (secondary N) is 2. The van der Waals surface area contributed by atoms with Gasteiger partial charge in [-0.25, -0.2) is 9.37 Å². The number of benzene rings is 3. The van der Waals surface area contributed by atoms with Gasteiger partial charge in [0.15, 0.2) is 5.78 Å². The molecule has 0 unspecified atom stereocenters. The minimum atomic E-state index is -0.318. The maximum absolute atomic E-state index is 13.1. The first-order chi connectivity index (χ1) is 16.0. The van der Waals surface area contributed by atoms with Crippen LogP contribution in [0.25, 0.3) is 22.4 Å². The molecule has 1 saturated carbocycles. The molecule has 1 amide bonds. The van der Waals surface area contributed by atoms with Gasteiger partial charge in [0.05, 0.1) is 11.0 Å². The number of Topliss-reactive ketones (excluding diaryl/α,β-unsaturated/α-hetero) is 1. The fraction of sp³-hybridized carbons (Fsp3) is 0.222. The zero-order valence-corrected chi connectivity index (χ0v) is 18.1. The molecule has 1 aliphatic rings. The van der Waals surface area contributed by atoms with Crippen molar-refractivity contribution in [1.29, 1.82) is 0 Å². The summed E-state index contributed by atoms with van der Waals surface area (Å²) in [7, 11) is 0. The number of rotatable bonds is 6. The van der Waals surface area contributed by atoms with Crippen LogP contribution in [0.1, 0.15) is 41.6 Å². The van der Waals surface area contributed by atoms with Crippen LogP contribution in [0.3, 0.4) is 0 Å². The van der Waals surface area contributed by atoms with Crippen molar-refractivity contribution in [3.63, 3.8) is 0 Å². The molecule has 5 rings (SSSR count). The smallest absolute Gasteiger partial charge is 0.227 e. The Kier molecular flexibility index (Phi) is 5.73. The fourth-order valence-electron chi connectivity index (χ4n) is 4.35. The van der Waals surface area contributed by atoms with Crippen LogP contribution in [-0.2, 0) is 11.2 Å². The monoisotopic (exact) mass is 441 g/mol. The highest BCUT2D eigenvalue weighted by Gasteiger charge is 2.22. The van der Waals surface area contributed by atoms with Crippen LogP contribution >= 0.6 is 0 Å². The number of hydrogen-bond acceptors (Lipinski definition) is 3. The van der Waals surface area contributed by atoms with Crippen LogP contribution in [0.15, 0.2) is 66.7 Å². The number of H-pyrrole nitrogens is 1. The van der Waals surface area contributed by atoms with Gasteiger partial charge in [-0.1, -0.05) is 25.0 Å². The number of nitrogens with zero attached hydrogens (tertiary/aromatic N) is 1. The van der Waals surface area contributed by atoms with E-state index >= 15 is 0 Å². The fourth-order valence-corrected chi connectivity index (χ4v) is 4.35. The number of fused-ring (bicyclic) bond motifs is 1. The second kappa shape index (κ2) is 8.98. The molecular formula is C27H24FN3O2. The predicted octanol–water partition coefficient (Wildman–Crippen LogP) is 5.92. The summed E-state index contributed by atoms with van der Waals surface area (Å²) in [6, 6.07) is 19.0. The topological polar surface area (TPSA) is 74.8 Å². The zero-order valence-electron chi connectivity index (χ0n) is 18.1. The average molecular weight is 442 g/mol. The van der Waals surface area contributed by atoms with Crippen molar-refractivity contribution in [3.8, 4) is 11.4 Å². The standard InChI is InChI=1S/C27H24FN3O2/c28-21-10-5-17(6-11-21)15-25(32)20-9-14-23-24(16-20)31-26(30-23)18-7-12-22(13-8-18)29-27(33)19-3-1-2-4-19/h5-14,16,19H,1-4,15H2,(H,29,33)(H,30,31). The van der Waals surface area contributed by atoms with Crippen LogP contribution in [0.2, 0.25) is 0 Å². The summed E-state index contributed by atoms with van der Waals surface area (Å²) in [5.74, 6) is 0.562. The van der Waals surface area contributed by atoms with Crippen molar-refractivity contribution in [2.45, 2.75) is 32.1 Å². The first-order valence-corrected chi connectivity index (χ1v) is 11.2. The Morgan fingerprint density at radius 1 is 0.970 bits per heavy atom. The summed E-state index contributed by atoms with van der Waals surface area (Å²) in [5.41, 5.74) is 4.55. The molecule has 0 spiro atoms. The van der Waals surface area contributed by atoms with Crippen LogP contribution in [0.4, 0.5) is 10.1 Å². The predicted molar refractivity (Wildman–Crippen MR) is 127 cm³/mol. The summed E-state index contributed by atoms with van der Waals surface area (Å²) in [5, 5.41) is 3.00. The number of aromatic nitrogens is 2. The van der Waals surface area contributed by atoms with Crippen molar-refractivity contribution in [2.24, 2.45) is 5.92 Å². The second-order valence-corrected chi connectivity index (χ2v) is 8.59. The van der Waals surface area contributed by atoms with Gasteiger partial charge in [0.25, 0.3) is 0 Å². The van der Waals surface area contributed by atoms with E-state index in [1.54, 1.807) is 24.3 Å². The zero-order chi connectivity index (χ0) is 22.8. The van der Waals surface area contributed by atoms with E-state index < -0.39 is 0 Å². The minimum absolute atomic E-state index is 0.0398. The average Bonchev–Trinajstić information content (AvgIpc) is 3.51. The number of aromatic amines is 1. The number of halogens is 1. The van der Waals surface area contributed by atoms with Crippen molar-refractivity contribution in [1.82, 2.24) is 9.97 Å². The molecular weight excluding hydrogens is 417 g/mol. The number of hydrogen-bond donors (Lipinski definition) is 2. The summed E-state index contributed by atoms with van der Waals surface area (Å²) in [6.45, 7) is 0. The summed E-state index contributed by atoms with van der Waals surface area (Å²) in [4.78, 5) is 32.9. The highest BCUT2D eigenvalue weighted by atomic mass is 19.1. The Morgan fingerprint density at radius 3 is 2.42 bits per heavy atom. The summed E-state index contributed by atoms with van der Waals surface area (Å²) >= 11 is 0. The lowest BCUT2D eigenvalue weighted by molar-refractivity contribution is -0.119. The normalized spacial score (nSPS) is 14.0. The Bertz CT molecular complexity index is 1300. The van der Waals surface area contributed by atoms with Gasteiger partial charge < -0.3 is 10.3 Å². The van der Waals surface area contributed by atoms with E-state index in [9.17, 15) is 14.0 Å². The van der Waals surface area contributed by atoms with Gasteiger partial charge in [-0.2, -0.15) is 0 Å². The van der Waals surface area contributed by atoms with E-state index in [1.807, 2.05) is 30.3 Å². The molecule has 1 fully saturated rings.